The van der Waals surface area contributed by atoms with Crippen molar-refractivity contribution >= 4 is 11.9 Å². The zero-order valence-corrected chi connectivity index (χ0v) is 8.90. The second kappa shape index (κ2) is 3.23. The number of ether oxygens (including phenoxy) is 1. The number of aliphatic carboxylic acids is 1. The maximum atomic E-state index is 11.5. The Bertz CT molecular complexity index is 355. The highest BCUT2D eigenvalue weighted by molar-refractivity contribution is 5.95. The van der Waals surface area contributed by atoms with Gasteiger partial charge in [-0.15, -0.1) is 0 Å². The van der Waals surface area contributed by atoms with Crippen LogP contribution in [0.1, 0.15) is 20.8 Å². The molecule has 15 heavy (non-hydrogen) atoms. The van der Waals surface area contributed by atoms with E-state index in [1.807, 2.05) is 0 Å². The zero-order chi connectivity index (χ0) is 11.9. The van der Waals surface area contributed by atoms with E-state index < -0.39 is 28.7 Å². The van der Waals surface area contributed by atoms with Gasteiger partial charge < -0.3 is 9.84 Å². The normalized spacial score (nSPS) is 31.5. The van der Waals surface area contributed by atoms with Crippen molar-refractivity contribution in [1.82, 2.24) is 0 Å². The van der Waals surface area contributed by atoms with Gasteiger partial charge in [-0.3, -0.25) is 9.59 Å². The molecule has 1 aliphatic carbocycles. The highest BCUT2D eigenvalue weighted by Gasteiger charge is 2.81. The second-order valence-corrected chi connectivity index (χ2v) is 4.13. The lowest BCUT2D eigenvalue weighted by atomic mass is 9.98. The van der Waals surface area contributed by atoms with E-state index in [2.05, 4.69) is 0 Å². The van der Waals surface area contributed by atoms with Crippen LogP contribution in [0, 0.1) is 28.1 Å². The molecule has 1 saturated carbocycles. The summed E-state index contributed by atoms with van der Waals surface area (Å²) in [6.45, 7) is 5.01. The monoisotopic (exact) mass is 211 g/mol. The first-order chi connectivity index (χ1) is 6.86. The largest absolute Gasteiger partial charge is 0.480 e. The molecular weight excluding hydrogens is 198 g/mol. The van der Waals surface area contributed by atoms with Crippen LogP contribution in [0.5, 0.6) is 0 Å². The third-order valence-corrected chi connectivity index (χ3v) is 3.12. The predicted molar refractivity (Wildman–Crippen MR) is 49.6 cm³/mol. The number of carbonyl (C=O) groups excluding carboxylic acids is 1. The van der Waals surface area contributed by atoms with Crippen molar-refractivity contribution in [1.29, 1.82) is 5.26 Å². The summed E-state index contributed by atoms with van der Waals surface area (Å²) in [5.74, 6) is -2.73. The van der Waals surface area contributed by atoms with Crippen LogP contribution in [-0.4, -0.2) is 23.7 Å². The number of carboxylic acid groups (broad SMARTS) is 1. The summed E-state index contributed by atoms with van der Waals surface area (Å²) < 4.78 is 4.76. The van der Waals surface area contributed by atoms with Gasteiger partial charge in [-0.05, 0) is 6.92 Å². The van der Waals surface area contributed by atoms with Crippen LogP contribution in [0.2, 0.25) is 0 Å². The quantitative estimate of drug-likeness (QED) is 0.697. The van der Waals surface area contributed by atoms with E-state index in [0.29, 0.717) is 0 Å². The fraction of sp³-hybridized carbons (Fsp3) is 0.700. The van der Waals surface area contributed by atoms with Crippen LogP contribution < -0.4 is 0 Å². The van der Waals surface area contributed by atoms with Gasteiger partial charge in [0.05, 0.1) is 18.6 Å². The Morgan fingerprint density at radius 2 is 2.07 bits per heavy atom. The minimum absolute atomic E-state index is 0.187. The van der Waals surface area contributed by atoms with Gasteiger partial charge in [0.2, 0.25) is 0 Å². The van der Waals surface area contributed by atoms with Crippen LogP contribution in [0.15, 0.2) is 0 Å². The van der Waals surface area contributed by atoms with Crippen LogP contribution in [0.3, 0.4) is 0 Å². The van der Waals surface area contributed by atoms with E-state index in [-0.39, 0.29) is 6.61 Å². The third-order valence-electron chi connectivity index (χ3n) is 3.12. The third kappa shape index (κ3) is 1.21. The summed E-state index contributed by atoms with van der Waals surface area (Å²) >= 11 is 0. The number of nitriles is 1. The molecular formula is C10H13NO4. The molecule has 0 aliphatic heterocycles. The Kier molecular flexibility index (Phi) is 2.48. The Morgan fingerprint density at radius 3 is 2.33 bits per heavy atom. The lowest BCUT2D eigenvalue weighted by molar-refractivity contribution is -0.150. The average molecular weight is 211 g/mol. The van der Waals surface area contributed by atoms with Gasteiger partial charge in [-0.2, -0.15) is 5.26 Å². The fourth-order valence-corrected chi connectivity index (χ4v) is 2.12. The average Bonchev–Trinajstić information content (AvgIpc) is 2.64. The van der Waals surface area contributed by atoms with E-state index in [1.54, 1.807) is 26.8 Å². The highest BCUT2D eigenvalue weighted by atomic mass is 16.5. The number of rotatable bonds is 3. The van der Waals surface area contributed by atoms with Crippen molar-refractivity contribution < 1.29 is 19.4 Å². The van der Waals surface area contributed by atoms with Crippen LogP contribution in [0.4, 0.5) is 0 Å². The maximum absolute atomic E-state index is 11.5. The zero-order valence-electron chi connectivity index (χ0n) is 8.90. The fourth-order valence-electron chi connectivity index (χ4n) is 2.12. The van der Waals surface area contributed by atoms with Crippen molar-refractivity contribution in [3.8, 4) is 6.07 Å². The first-order valence-electron chi connectivity index (χ1n) is 4.67. The van der Waals surface area contributed by atoms with E-state index in [1.165, 1.54) is 0 Å². The summed E-state index contributed by atoms with van der Waals surface area (Å²) in [5, 5.41) is 17.9. The van der Waals surface area contributed by atoms with Gasteiger partial charge in [0.15, 0.2) is 5.41 Å². The molecule has 0 aromatic carbocycles. The van der Waals surface area contributed by atoms with Crippen LogP contribution in [0.25, 0.3) is 0 Å². The van der Waals surface area contributed by atoms with E-state index >= 15 is 0 Å². The van der Waals surface area contributed by atoms with E-state index in [4.69, 9.17) is 15.1 Å². The molecule has 0 bridgehead atoms. The maximum Gasteiger partial charge on any atom is 0.325 e. The second-order valence-electron chi connectivity index (χ2n) is 4.13. The van der Waals surface area contributed by atoms with Crippen LogP contribution in [-0.2, 0) is 14.3 Å². The summed E-state index contributed by atoms with van der Waals surface area (Å²) in [4.78, 5) is 22.5. The molecule has 0 aromatic rings. The molecule has 0 aromatic heterocycles. The van der Waals surface area contributed by atoms with Crippen molar-refractivity contribution in [3.05, 3.63) is 0 Å². The van der Waals surface area contributed by atoms with E-state index in [9.17, 15) is 9.59 Å². The molecule has 1 aliphatic rings. The first-order valence-corrected chi connectivity index (χ1v) is 4.67. The molecule has 1 N–H and O–H groups in total. The Hall–Kier alpha value is -1.57. The molecule has 82 valence electrons. The molecule has 1 fully saturated rings. The number of esters is 1. The summed E-state index contributed by atoms with van der Waals surface area (Å²) in [7, 11) is 0. The molecule has 0 spiro atoms. The molecule has 0 amide bonds. The Morgan fingerprint density at radius 1 is 1.53 bits per heavy atom. The van der Waals surface area contributed by atoms with Crippen molar-refractivity contribution in [2.24, 2.45) is 16.7 Å². The molecule has 1 rings (SSSR count). The van der Waals surface area contributed by atoms with Gasteiger partial charge in [-0.25, -0.2) is 0 Å². The number of hydrogen-bond donors (Lipinski definition) is 1. The first kappa shape index (κ1) is 11.5. The summed E-state index contributed by atoms with van der Waals surface area (Å²) in [6, 6.07) is 1.73. The molecule has 0 heterocycles. The number of hydrogen-bond acceptors (Lipinski definition) is 4. The highest BCUT2D eigenvalue weighted by Crippen LogP contribution is 2.69. The number of carboxylic acids is 1. The van der Waals surface area contributed by atoms with Gasteiger partial charge >= 0.3 is 11.9 Å². The van der Waals surface area contributed by atoms with Gasteiger partial charge in [0.25, 0.3) is 0 Å². The molecule has 0 radical (unpaired) electrons. The molecule has 2 atom stereocenters. The minimum atomic E-state index is -1.63. The summed E-state index contributed by atoms with van der Waals surface area (Å²) in [5.41, 5.74) is -2.49. The standard InChI is InChI=1S/C10H13NO4/c1-4-15-7(12)6-9(2,3)10(6,5-11)8(13)14/h6H,4H2,1-3H3,(H,13,14). The topological polar surface area (TPSA) is 87.4 Å². The smallest absolute Gasteiger partial charge is 0.325 e. The SMILES string of the molecule is CCOC(=O)C1C(C)(C)C1(C#N)C(=O)O. The molecule has 5 heteroatoms. The van der Waals surface area contributed by atoms with Crippen molar-refractivity contribution in [2.45, 2.75) is 20.8 Å². The van der Waals surface area contributed by atoms with Crippen LogP contribution >= 0.6 is 0 Å². The molecule has 2 unspecified atom stereocenters. The molecule has 0 saturated heterocycles. The van der Waals surface area contributed by atoms with E-state index in [0.717, 1.165) is 0 Å². The van der Waals surface area contributed by atoms with Gasteiger partial charge in [0, 0.05) is 5.41 Å². The lowest BCUT2D eigenvalue weighted by Crippen LogP contribution is -2.21. The Labute approximate surface area is 87.6 Å². The lowest BCUT2D eigenvalue weighted by Gasteiger charge is -2.03. The number of carbonyl (C=O) groups is 2. The van der Waals surface area contributed by atoms with Gasteiger partial charge in [0.1, 0.15) is 0 Å². The van der Waals surface area contributed by atoms with Crippen molar-refractivity contribution in [2.75, 3.05) is 6.61 Å². The minimum Gasteiger partial charge on any atom is -0.480 e. The predicted octanol–water partition coefficient (Wildman–Crippen LogP) is 0.800. The Balaban J connectivity index is 3.01. The number of nitrogens with zero attached hydrogens (tertiary/aromatic N) is 1. The summed E-state index contributed by atoms with van der Waals surface area (Å²) in [6.07, 6.45) is 0. The van der Waals surface area contributed by atoms with Gasteiger partial charge in [-0.1, -0.05) is 13.8 Å². The van der Waals surface area contributed by atoms with Crippen molar-refractivity contribution in [3.63, 3.8) is 0 Å². The molecule has 5 nitrogen and oxygen atoms in total.